The molecule has 1 heterocycles. The highest BCUT2D eigenvalue weighted by Crippen LogP contribution is 2.18. The molecule has 0 spiro atoms. The predicted octanol–water partition coefficient (Wildman–Crippen LogP) is 0.895. The van der Waals surface area contributed by atoms with Gasteiger partial charge in [-0.15, -0.1) is 0 Å². The van der Waals surface area contributed by atoms with Crippen LogP contribution in [0.15, 0.2) is 0 Å². The summed E-state index contributed by atoms with van der Waals surface area (Å²) in [6.45, 7) is 6.03. The molecule has 0 aromatic rings. The highest BCUT2D eigenvalue weighted by Gasteiger charge is 2.27. The van der Waals surface area contributed by atoms with Gasteiger partial charge in [0.2, 0.25) is 0 Å². The van der Waals surface area contributed by atoms with Crippen LogP contribution in [0.5, 0.6) is 0 Å². The third-order valence-corrected chi connectivity index (χ3v) is 5.59. The van der Waals surface area contributed by atoms with Gasteiger partial charge in [-0.25, -0.2) is 4.72 Å². The first-order valence-corrected chi connectivity index (χ1v) is 9.88. The molecule has 2 N–H and O–H groups in total. The molecule has 1 aliphatic rings. The second-order valence-electron chi connectivity index (χ2n) is 4.94. The van der Waals surface area contributed by atoms with Gasteiger partial charge in [0.1, 0.15) is 0 Å². The molecule has 1 saturated heterocycles. The molecule has 1 rings (SSSR count). The van der Waals surface area contributed by atoms with Gasteiger partial charge in [-0.3, -0.25) is 0 Å². The maximum atomic E-state index is 12.0. The fourth-order valence-electron chi connectivity index (χ4n) is 2.20. The van der Waals surface area contributed by atoms with E-state index >= 15 is 0 Å². The second kappa shape index (κ2) is 9.18. The van der Waals surface area contributed by atoms with E-state index in [2.05, 4.69) is 17.0 Å². The van der Waals surface area contributed by atoms with Crippen molar-refractivity contribution < 1.29 is 8.42 Å². The van der Waals surface area contributed by atoms with Crippen LogP contribution in [0.4, 0.5) is 0 Å². The second-order valence-corrected chi connectivity index (χ2v) is 7.68. The summed E-state index contributed by atoms with van der Waals surface area (Å²) in [7, 11) is -3.25. The Bertz CT molecular complexity index is 328. The zero-order chi connectivity index (χ0) is 14.1. The molecular weight excluding hydrogens is 282 g/mol. The fraction of sp³-hybridized carbons (Fsp3) is 1.00. The van der Waals surface area contributed by atoms with Gasteiger partial charge in [0.25, 0.3) is 10.2 Å². The molecule has 114 valence electrons. The Morgan fingerprint density at radius 1 is 1.26 bits per heavy atom. The molecule has 19 heavy (non-hydrogen) atoms. The van der Waals surface area contributed by atoms with Crippen molar-refractivity contribution in [1.29, 1.82) is 0 Å². The van der Waals surface area contributed by atoms with E-state index in [4.69, 9.17) is 0 Å². The first kappa shape index (κ1) is 17.2. The summed E-state index contributed by atoms with van der Waals surface area (Å²) in [5.41, 5.74) is 0. The van der Waals surface area contributed by atoms with Crippen LogP contribution < -0.4 is 10.0 Å². The van der Waals surface area contributed by atoms with Gasteiger partial charge in [0.15, 0.2) is 0 Å². The lowest BCUT2D eigenvalue weighted by Gasteiger charge is -2.31. The van der Waals surface area contributed by atoms with Gasteiger partial charge in [-0.05, 0) is 44.5 Å². The Balaban J connectivity index is 2.28. The molecule has 0 unspecified atom stereocenters. The lowest BCUT2D eigenvalue weighted by atomic mass is 9.98. The Hall–Kier alpha value is 0.180. The summed E-state index contributed by atoms with van der Waals surface area (Å²) in [6, 6.07) is 0. The van der Waals surface area contributed by atoms with Crippen molar-refractivity contribution in [2.45, 2.75) is 26.2 Å². The van der Waals surface area contributed by atoms with Gasteiger partial charge in [-0.1, -0.05) is 6.92 Å². The van der Waals surface area contributed by atoms with Crippen LogP contribution in [0.1, 0.15) is 26.2 Å². The molecule has 7 heteroatoms. The smallest absolute Gasteiger partial charge is 0.279 e. The molecule has 0 saturated carbocycles. The number of piperidine rings is 1. The van der Waals surface area contributed by atoms with Crippen LogP contribution in [-0.4, -0.2) is 57.5 Å². The van der Waals surface area contributed by atoms with E-state index in [1.807, 2.05) is 6.26 Å². The highest BCUT2D eigenvalue weighted by atomic mass is 32.2. The normalized spacial score (nSPS) is 18.8. The molecule has 0 atom stereocenters. The molecular formula is C12H27N3O2S2. The molecule has 0 aliphatic carbocycles. The third kappa shape index (κ3) is 6.44. The van der Waals surface area contributed by atoms with Crippen LogP contribution in [-0.2, 0) is 10.2 Å². The van der Waals surface area contributed by atoms with E-state index < -0.39 is 10.2 Å². The predicted molar refractivity (Wildman–Crippen MR) is 82.8 cm³/mol. The quantitative estimate of drug-likeness (QED) is 0.621. The standard InChI is InChI=1S/C12H27N3O2S2/c1-3-6-13-11-12-4-8-15(9-5-12)19(16,17)14-7-10-18-2/h12-14H,3-11H2,1-2H3. The molecule has 0 amide bonds. The monoisotopic (exact) mass is 309 g/mol. The summed E-state index contributed by atoms with van der Waals surface area (Å²) < 4.78 is 28.3. The molecule has 0 radical (unpaired) electrons. The summed E-state index contributed by atoms with van der Waals surface area (Å²) in [4.78, 5) is 0. The number of hydrogen-bond donors (Lipinski definition) is 2. The average Bonchev–Trinajstić information content (AvgIpc) is 2.40. The molecule has 1 fully saturated rings. The largest absolute Gasteiger partial charge is 0.316 e. The number of nitrogens with zero attached hydrogens (tertiary/aromatic N) is 1. The minimum atomic E-state index is -3.25. The molecule has 0 aromatic heterocycles. The minimum absolute atomic E-state index is 0.515. The van der Waals surface area contributed by atoms with Crippen LogP contribution in [0.3, 0.4) is 0 Å². The van der Waals surface area contributed by atoms with Gasteiger partial charge >= 0.3 is 0 Å². The van der Waals surface area contributed by atoms with Crippen molar-refractivity contribution in [3.63, 3.8) is 0 Å². The van der Waals surface area contributed by atoms with Crippen molar-refractivity contribution in [1.82, 2.24) is 14.3 Å². The lowest BCUT2D eigenvalue weighted by molar-refractivity contribution is 0.265. The third-order valence-electron chi connectivity index (χ3n) is 3.36. The molecule has 5 nitrogen and oxygen atoms in total. The maximum absolute atomic E-state index is 12.0. The van der Waals surface area contributed by atoms with E-state index in [1.165, 1.54) is 0 Å². The number of nitrogens with one attached hydrogen (secondary N) is 2. The van der Waals surface area contributed by atoms with Crippen LogP contribution in [0.25, 0.3) is 0 Å². The SMILES string of the molecule is CCCNCC1CCN(S(=O)(=O)NCCSC)CC1. The topological polar surface area (TPSA) is 61.4 Å². The summed E-state index contributed by atoms with van der Waals surface area (Å²) in [5, 5.41) is 3.41. The molecule has 1 aliphatic heterocycles. The number of thioether (sulfide) groups is 1. The van der Waals surface area contributed by atoms with Gasteiger partial charge in [-0.2, -0.15) is 24.5 Å². The Morgan fingerprint density at radius 3 is 2.53 bits per heavy atom. The first-order valence-electron chi connectivity index (χ1n) is 7.04. The zero-order valence-electron chi connectivity index (χ0n) is 12.0. The average molecular weight is 310 g/mol. The van der Waals surface area contributed by atoms with Gasteiger partial charge in [0.05, 0.1) is 0 Å². The fourth-order valence-corrected chi connectivity index (χ4v) is 3.87. The minimum Gasteiger partial charge on any atom is -0.316 e. The van der Waals surface area contributed by atoms with Crippen molar-refractivity contribution in [3.8, 4) is 0 Å². The zero-order valence-corrected chi connectivity index (χ0v) is 13.7. The van der Waals surface area contributed by atoms with Crippen LogP contribution in [0, 0.1) is 5.92 Å². The molecule has 0 aromatic carbocycles. The Kier molecular flexibility index (Phi) is 8.32. The van der Waals surface area contributed by atoms with Crippen molar-refractivity contribution in [3.05, 3.63) is 0 Å². The number of rotatable bonds is 9. The van der Waals surface area contributed by atoms with Crippen molar-refractivity contribution in [2.24, 2.45) is 5.92 Å². The summed E-state index contributed by atoms with van der Waals surface area (Å²) in [5.74, 6) is 1.43. The van der Waals surface area contributed by atoms with Crippen molar-refractivity contribution >= 4 is 22.0 Å². The Labute approximate surface area is 122 Å². The van der Waals surface area contributed by atoms with E-state index in [9.17, 15) is 8.42 Å². The summed E-state index contributed by atoms with van der Waals surface area (Å²) in [6.07, 6.45) is 5.04. The van der Waals surface area contributed by atoms with Gasteiger partial charge < -0.3 is 5.32 Å². The Morgan fingerprint density at radius 2 is 1.95 bits per heavy atom. The number of hydrogen-bond acceptors (Lipinski definition) is 4. The van der Waals surface area contributed by atoms with Crippen LogP contribution >= 0.6 is 11.8 Å². The van der Waals surface area contributed by atoms with E-state index in [-0.39, 0.29) is 0 Å². The van der Waals surface area contributed by atoms with Crippen molar-refractivity contribution in [2.75, 3.05) is 44.7 Å². The van der Waals surface area contributed by atoms with E-state index in [0.29, 0.717) is 25.6 Å². The van der Waals surface area contributed by atoms with E-state index in [0.717, 1.165) is 38.1 Å². The van der Waals surface area contributed by atoms with Crippen LogP contribution in [0.2, 0.25) is 0 Å². The van der Waals surface area contributed by atoms with E-state index in [1.54, 1.807) is 16.1 Å². The highest BCUT2D eigenvalue weighted by molar-refractivity contribution is 7.98. The summed E-state index contributed by atoms with van der Waals surface area (Å²) >= 11 is 1.65. The first-order chi connectivity index (χ1) is 9.10. The molecule has 0 bridgehead atoms. The lowest BCUT2D eigenvalue weighted by Crippen LogP contribution is -2.46. The maximum Gasteiger partial charge on any atom is 0.279 e. The van der Waals surface area contributed by atoms with Gasteiger partial charge in [0, 0.05) is 25.4 Å².